The fourth-order valence-electron chi connectivity index (χ4n) is 2.51. The molecule has 1 aliphatic carbocycles. The van der Waals surface area contributed by atoms with Crippen LogP contribution in [0.3, 0.4) is 0 Å². The molecule has 0 aromatic carbocycles. The molecule has 5 nitrogen and oxygen atoms in total. The number of nitrogens with zero attached hydrogens (tertiary/aromatic N) is 2. The zero-order chi connectivity index (χ0) is 12.8. The topological polar surface area (TPSA) is 74.2 Å². The highest BCUT2D eigenvalue weighted by molar-refractivity contribution is 4.85. The van der Waals surface area contributed by atoms with Gasteiger partial charge in [0.15, 0.2) is 5.82 Å². The van der Waals surface area contributed by atoms with Crippen LogP contribution in [0.15, 0.2) is 4.52 Å². The van der Waals surface area contributed by atoms with Crippen molar-refractivity contribution in [2.45, 2.75) is 58.2 Å². The first-order valence-corrected chi connectivity index (χ1v) is 6.96. The van der Waals surface area contributed by atoms with E-state index in [0.29, 0.717) is 30.8 Å². The van der Waals surface area contributed by atoms with Gasteiger partial charge in [-0.2, -0.15) is 4.98 Å². The van der Waals surface area contributed by atoms with Gasteiger partial charge in [0.2, 0.25) is 5.89 Å². The monoisotopic (exact) mass is 253 g/mol. The minimum Gasteiger partial charge on any atom is -0.370 e. The smallest absolute Gasteiger partial charge is 0.226 e. The van der Waals surface area contributed by atoms with Gasteiger partial charge >= 0.3 is 0 Å². The highest BCUT2D eigenvalue weighted by atomic mass is 16.5. The van der Waals surface area contributed by atoms with Crippen molar-refractivity contribution in [3.8, 4) is 0 Å². The van der Waals surface area contributed by atoms with Crippen LogP contribution in [0.4, 0.5) is 0 Å². The lowest BCUT2D eigenvalue weighted by Gasteiger charge is -2.30. The quantitative estimate of drug-likeness (QED) is 0.840. The van der Waals surface area contributed by atoms with E-state index in [0.717, 1.165) is 19.3 Å². The Labute approximate surface area is 108 Å². The van der Waals surface area contributed by atoms with Crippen LogP contribution in [0, 0.1) is 5.92 Å². The summed E-state index contributed by atoms with van der Waals surface area (Å²) in [6.45, 7) is 3.24. The maximum atomic E-state index is 5.90. The first-order valence-electron chi connectivity index (χ1n) is 6.96. The van der Waals surface area contributed by atoms with Crippen molar-refractivity contribution in [2.24, 2.45) is 11.7 Å². The SMILES string of the molecule is CCCc1nc(COC2CCCCC2CN)no1. The van der Waals surface area contributed by atoms with Crippen LogP contribution in [-0.2, 0) is 17.8 Å². The molecular weight excluding hydrogens is 230 g/mol. The second-order valence-corrected chi connectivity index (χ2v) is 4.98. The van der Waals surface area contributed by atoms with Gasteiger partial charge in [-0.1, -0.05) is 24.9 Å². The summed E-state index contributed by atoms with van der Waals surface area (Å²) in [4.78, 5) is 4.30. The summed E-state index contributed by atoms with van der Waals surface area (Å²) >= 11 is 0. The fraction of sp³-hybridized carbons (Fsp3) is 0.846. The van der Waals surface area contributed by atoms with E-state index < -0.39 is 0 Å². The third kappa shape index (κ3) is 3.53. The van der Waals surface area contributed by atoms with E-state index in [1.807, 2.05) is 0 Å². The number of hydrogen-bond donors (Lipinski definition) is 1. The van der Waals surface area contributed by atoms with Crippen molar-refractivity contribution in [1.29, 1.82) is 0 Å². The molecule has 0 saturated heterocycles. The molecule has 2 atom stereocenters. The summed E-state index contributed by atoms with van der Waals surface area (Å²) in [6.07, 6.45) is 6.88. The Morgan fingerprint density at radius 1 is 1.39 bits per heavy atom. The number of nitrogens with two attached hydrogens (primary N) is 1. The Balaban J connectivity index is 1.81. The molecule has 2 unspecified atom stereocenters. The van der Waals surface area contributed by atoms with Crippen molar-refractivity contribution < 1.29 is 9.26 Å². The summed E-state index contributed by atoms with van der Waals surface area (Å²) < 4.78 is 11.0. The van der Waals surface area contributed by atoms with E-state index in [-0.39, 0.29) is 6.10 Å². The van der Waals surface area contributed by atoms with E-state index in [2.05, 4.69) is 17.1 Å². The first kappa shape index (κ1) is 13.5. The van der Waals surface area contributed by atoms with Gasteiger partial charge in [0.25, 0.3) is 0 Å². The largest absolute Gasteiger partial charge is 0.370 e. The summed E-state index contributed by atoms with van der Waals surface area (Å²) in [7, 11) is 0. The van der Waals surface area contributed by atoms with Crippen molar-refractivity contribution in [3.63, 3.8) is 0 Å². The average molecular weight is 253 g/mol. The van der Waals surface area contributed by atoms with Crippen molar-refractivity contribution >= 4 is 0 Å². The van der Waals surface area contributed by atoms with Gasteiger partial charge in [-0.3, -0.25) is 0 Å². The van der Waals surface area contributed by atoms with Crippen LogP contribution in [0.5, 0.6) is 0 Å². The molecule has 1 aliphatic rings. The van der Waals surface area contributed by atoms with E-state index in [1.165, 1.54) is 19.3 Å². The molecule has 0 radical (unpaired) electrons. The predicted molar refractivity (Wildman–Crippen MR) is 67.9 cm³/mol. The highest BCUT2D eigenvalue weighted by Crippen LogP contribution is 2.26. The number of rotatable bonds is 6. The Hall–Kier alpha value is -0.940. The molecule has 18 heavy (non-hydrogen) atoms. The minimum atomic E-state index is 0.261. The molecule has 102 valence electrons. The highest BCUT2D eigenvalue weighted by Gasteiger charge is 2.25. The van der Waals surface area contributed by atoms with Crippen LogP contribution < -0.4 is 5.73 Å². The van der Waals surface area contributed by atoms with Crippen LogP contribution in [0.1, 0.15) is 50.7 Å². The van der Waals surface area contributed by atoms with Gasteiger partial charge in [0, 0.05) is 6.42 Å². The number of ether oxygens (including phenoxy) is 1. The third-order valence-corrected chi connectivity index (χ3v) is 3.54. The zero-order valence-electron chi connectivity index (χ0n) is 11.1. The van der Waals surface area contributed by atoms with E-state index in [9.17, 15) is 0 Å². The maximum Gasteiger partial charge on any atom is 0.226 e. The second kappa shape index (κ2) is 6.85. The standard InChI is InChI=1S/C13H23N3O2/c1-2-5-13-15-12(16-18-13)9-17-11-7-4-3-6-10(11)8-14/h10-11H,2-9,14H2,1H3. The van der Waals surface area contributed by atoms with E-state index >= 15 is 0 Å². The number of aromatic nitrogens is 2. The van der Waals surface area contributed by atoms with Gasteiger partial charge in [0.1, 0.15) is 6.61 Å². The van der Waals surface area contributed by atoms with Crippen LogP contribution in [0.2, 0.25) is 0 Å². The first-order chi connectivity index (χ1) is 8.83. The molecular formula is C13H23N3O2. The Bertz CT molecular complexity index is 354. The maximum absolute atomic E-state index is 5.90. The Morgan fingerprint density at radius 3 is 3.00 bits per heavy atom. The van der Waals surface area contributed by atoms with Gasteiger partial charge in [-0.25, -0.2) is 0 Å². The molecule has 0 aliphatic heterocycles. The summed E-state index contributed by atoms with van der Waals surface area (Å²) in [5.41, 5.74) is 5.78. The lowest BCUT2D eigenvalue weighted by atomic mass is 9.86. The molecule has 1 aromatic rings. The molecule has 0 bridgehead atoms. The van der Waals surface area contributed by atoms with Gasteiger partial charge < -0.3 is 15.0 Å². The minimum absolute atomic E-state index is 0.261. The molecule has 0 amide bonds. The average Bonchev–Trinajstić information content (AvgIpc) is 2.85. The van der Waals surface area contributed by atoms with Crippen molar-refractivity contribution in [1.82, 2.24) is 10.1 Å². The van der Waals surface area contributed by atoms with Gasteiger partial charge in [-0.05, 0) is 31.7 Å². The summed E-state index contributed by atoms with van der Waals surface area (Å²) in [5, 5.41) is 3.93. The third-order valence-electron chi connectivity index (χ3n) is 3.54. The van der Waals surface area contributed by atoms with E-state index in [1.54, 1.807) is 0 Å². The van der Waals surface area contributed by atoms with Gasteiger partial charge in [-0.15, -0.1) is 0 Å². The van der Waals surface area contributed by atoms with Crippen molar-refractivity contribution in [2.75, 3.05) is 6.54 Å². The molecule has 2 N–H and O–H groups in total. The van der Waals surface area contributed by atoms with E-state index in [4.69, 9.17) is 15.0 Å². The number of aryl methyl sites for hydroxylation is 1. The Morgan fingerprint density at radius 2 is 2.22 bits per heavy atom. The van der Waals surface area contributed by atoms with Crippen LogP contribution >= 0.6 is 0 Å². The zero-order valence-corrected chi connectivity index (χ0v) is 11.1. The summed E-state index contributed by atoms with van der Waals surface area (Å²) in [6, 6.07) is 0. The predicted octanol–water partition coefficient (Wildman–Crippen LogP) is 2.06. The lowest BCUT2D eigenvalue weighted by molar-refractivity contribution is -0.0215. The molecule has 2 rings (SSSR count). The lowest BCUT2D eigenvalue weighted by Crippen LogP contribution is -2.33. The molecule has 1 fully saturated rings. The molecule has 1 heterocycles. The fourth-order valence-corrected chi connectivity index (χ4v) is 2.51. The normalized spacial score (nSPS) is 24.3. The molecule has 0 spiro atoms. The number of hydrogen-bond acceptors (Lipinski definition) is 5. The summed E-state index contributed by atoms with van der Waals surface area (Å²) in [5.74, 6) is 1.84. The van der Waals surface area contributed by atoms with Gasteiger partial charge in [0.05, 0.1) is 6.10 Å². The van der Waals surface area contributed by atoms with Crippen LogP contribution in [0.25, 0.3) is 0 Å². The molecule has 5 heteroatoms. The van der Waals surface area contributed by atoms with Crippen LogP contribution in [-0.4, -0.2) is 22.8 Å². The molecule has 1 saturated carbocycles. The Kier molecular flexibility index (Phi) is 5.13. The molecule has 1 aromatic heterocycles. The second-order valence-electron chi connectivity index (χ2n) is 4.98. The van der Waals surface area contributed by atoms with Crippen molar-refractivity contribution in [3.05, 3.63) is 11.7 Å².